The Morgan fingerprint density at radius 2 is 1.74 bits per heavy atom. The van der Waals surface area contributed by atoms with Crippen LogP contribution in [0.5, 0.6) is 0 Å². The predicted molar refractivity (Wildman–Crippen MR) is 120 cm³/mol. The molecule has 2 heterocycles. The Labute approximate surface area is 182 Å². The molecule has 31 heavy (non-hydrogen) atoms. The van der Waals surface area contributed by atoms with Gasteiger partial charge in [-0.05, 0) is 37.1 Å². The van der Waals surface area contributed by atoms with Gasteiger partial charge in [0, 0.05) is 37.4 Å². The maximum absolute atomic E-state index is 13.8. The average molecular weight is 422 g/mol. The van der Waals surface area contributed by atoms with E-state index in [1.165, 1.54) is 12.1 Å². The summed E-state index contributed by atoms with van der Waals surface area (Å²) in [5.74, 6) is -0.400. The standard InChI is InChI=1S/C25H28FN3O2/c1-18-23(28-11-13-31-14-12-28)19(2)29(17-21-9-6-10-22(26)15-21)24(18)25(30)27-16-20-7-4-3-5-8-20/h3-10,15H,11-14,16-17H2,1-2H3,(H,27,30). The summed E-state index contributed by atoms with van der Waals surface area (Å²) in [5.41, 5.74) is 5.52. The molecule has 1 saturated heterocycles. The summed E-state index contributed by atoms with van der Waals surface area (Å²) >= 11 is 0. The average Bonchev–Trinajstić information content (AvgIpc) is 3.03. The highest BCUT2D eigenvalue weighted by atomic mass is 19.1. The molecular formula is C25H28FN3O2. The Morgan fingerprint density at radius 1 is 1.03 bits per heavy atom. The van der Waals surface area contributed by atoms with Crippen molar-refractivity contribution in [2.45, 2.75) is 26.9 Å². The number of nitrogens with zero attached hydrogens (tertiary/aromatic N) is 2. The number of aromatic nitrogens is 1. The van der Waals surface area contributed by atoms with Gasteiger partial charge in [-0.15, -0.1) is 0 Å². The number of hydrogen-bond donors (Lipinski definition) is 1. The van der Waals surface area contributed by atoms with Crippen molar-refractivity contribution in [1.82, 2.24) is 9.88 Å². The van der Waals surface area contributed by atoms with Crippen molar-refractivity contribution in [2.24, 2.45) is 0 Å². The van der Waals surface area contributed by atoms with Crippen molar-refractivity contribution in [3.63, 3.8) is 0 Å². The molecule has 1 N–H and O–H groups in total. The fourth-order valence-corrected chi connectivity index (χ4v) is 4.30. The van der Waals surface area contributed by atoms with Crippen LogP contribution in [0.2, 0.25) is 0 Å². The van der Waals surface area contributed by atoms with Crippen LogP contribution in [-0.2, 0) is 17.8 Å². The summed E-state index contributed by atoms with van der Waals surface area (Å²) in [6.45, 7) is 7.84. The fraction of sp³-hybridized carbons (Fsp3) is 0.320. The molecule has 0 unspecified atom stereocenters. The SMILES string of the molecule is Cc1c(N2CCOCC2)c(C)n(Cc2cccc(F)c2)c1C(=O)NCc1ccccc1. The molecule has 1 amide bonds. The van der Waals surface area contributed by atoms with Crippen LogP contribution in [-0.4, -0.2) is 36.8 Å². The molecule has 0 saturated carbocycles. The van der Waals surface area contributed by atoms with Crippen molar-refractivity contribution in [3.8, 4) is 0 Å². The molecule has 1 aliphatic heterocycles. The van der Waals surface area contributed by atoms with Crippen molar-refractivity contribution >= 4 is 11.6 Å². The molecule has 2 aromatic carbocycles. The predicted octanol–water partition coefficient (Wildman–Crippen LogP) is 4.06. The molecule has 0 atom stereocenters. The fourth-order valence-electron chi connectivity index (χ4n) is 4.30. The number of morpholine rings is 1. The minimum absolute atomic E-state index is 0.125. The van der Waals surface area contributed by atoms with Gasteiger partial charge in [0.15, 0.2) is 0 Å². The van der Waals surface area contributed by atoms with Gasteiger partial charge < -0.3 is 19.5 Å². The van der Waals surface area contributed by atoms with E-state index in [2.05, 4.69) is 10.2 Å². The first-order chi connectivity index (χ1) is 15.0. The van der Waals surface area contributed by atoms with Gasteiger partial charge in [-0.2, -0.15) is 0 Å². The smallest absolute Gasteiger partial charge is 0.268 e. The Hall–Kier alpha value is -3.12. The second-order valence-electron chi connectivity index (χ2n) is 7.89. The Morgan fingerprint density at radius 3 is 2.45 bits per heavy atom. The van der Waals surface area contributed by atoms with Gasteiger partial charge in [0.2, 0.25) is 0 Å². The molecule has 1 fully saturated rings. The maximum atomic E-state index is 13.8. The Kier molecular flexibility index (Phi) is 6.37. The Bertz CT molecular complexity index is 1060. The van der Waals surface area contributed by atoms with Crippen LogP contribution in [0.3, 0.4) is 0 Å². The monoisotopic (exact) mass is 421 g/mol. The van der Waals surface area contributed by atoms with E-state index in [1.807, 2.05) is 54.8 Å². The molecule has 0 bridgehead atoms. The number of benzene rings is 2. The van der Waals surface area contributed by atoms with Crippen LogP contribution < -0.4 is 10.2 Å². The number of nitrogens with one attached hydrogen (secondary N) is 1. The zero-order valence-electron chi connectivity index (χ0n) is 18.0. The molecule has 1 aliphatic rings. The van der Waals surface area contributed by atoms with Gasteiger partial charge in [0.05, 0.1) is 18.9 Å². The Balaban J connectivity index is 1.69. The van der Waals surface area contributed by atoms with Gasteiger partial charge in [-0.3, -0.25) is 4.79 Å². The van der Waals surface area contributed by atoms with E-state index in [4.69, 9.17) is 4.74 Å². The minimum Gasteiger partial charge on any atom is -0.378 e. The molecule has 3 aromatic rings. The zero-order chi connectivity index (χ0) is 21.8. The molecule has 0 aliphatic carbocycles. The largest absolute Gasteiger partial charge is 0.378 e. The number of carbonyl (C=O) groups excluding carboxylic acids is 1. The lowest BCUT2D eigenvalue weighted by atomic mass is 10.1. The number of amides is 1. The summed E-state index contributed by atoms with van der Waals surface area (Å²) in [7, 11) is 0. The highest BCUT2D eigenvalue weighted by Crippen LogP contribution is 2.32. The van der Waals surface area contributed by atoms with E-state index in [1.54, 1.807) is 6.07 Å². The van der Waals surface area contributed by atoms with Crippen LogP contribution in [0.25, 0.3) is 0 Å². The quantitative estimate of drug-likeness (QED) is 0.653. The van der Waals surface area contributed by atoms with Gasteiger partial charge in [-0.25, -0.2) is 4.39 Å². The van der Waals surface area contributed by atoms with Crippen LogP contribution in [0.4, 0.5) is 10.1 Å². The minimum atomic E-state index is -0.275. The van der Waals surface area contributed by atoms with Gasteiger partial charge >= 0.3 is 0 Å². The number of rotatable bonds is 6. The van der Waals surface area contributed by atoms with E-state index in [0.29, 0.717) is 32.0 Å². The molecule has 162 valence electrons. The summed E-state index contributed by atoms with van der Waals surface area (Å²) < 4.78 is 21.3. The van der Waals surface area contributed by atoms with Crippen molar-refractivity contribution in [2.75, 3.05) is 31.2 Å². The third kappa shape index (κ3) is 4.64. The maximum Gasteiger partial charge on any atom is 0.268 e. The zero-order valence-corrected chi connectivity index (χ0v) is 18.0. The van der Waals surface area contributed by atoms with E-state index in [9.17, 15) is 9.18 Å². The highest BCUT2D eigenvalue weighted by molar-refractivity contribution is 5.96. The first-order valence-corrected chi connectivity index (χ1v) is 10.6. The topological polar surface area (TPSA) is 46.5 Å². The van der Waals surface area contributed by atoms with Crippen LogP contribution >= 0.6 is 0 Å². The number of hydrogen-bond acceptors (Lipinski definition) is 3. The van der Waals surface area contributed by atoms with Crippen LogP contribution in [0.15, 0.2) is 54.6 Å². The summed E-state index contributed by atoms with van der Waals surface area (Å²) in [5, 5.41) is 3.06. The first kappa shape index (κ1) is 21.1. The normalized spacial score (nSPS) is 14.0. The molecule has 1 aromatic heterocycles. The molecule has 5 nitrogen and oxygen atoms in total. The lowest BCUT2D eigenvalue weighted by Gasteiger charge is -2.29. The van der Waals surface area contributed by atoms with E-state index in [0.717, 1.165) is 41.2 Å². The van der Waals surface area contributed by atoms with E-state index >= 15 is 0 Å². The number of halogens is 1. The third-order valence-electron chi connectivity index (χ3n) is 5.80. The van der Waals surface area contributed by atoms with E-state index in [-0.39, 0.29) is 11.7 Å². The lowest BCUT2D eigenvalue weighted by molar-refractivity contribution is 0.0941. The molecule has 0 spiro atoms. The molecular weight excluding hydrogens is 393 g/mol. The van der Waals surface area contributed by atoms with Gasteiger partial charge in [-0.1, -0.05) is 42.5 Å². The first-order valence-electron chi connectivity index (χ1n) is 10.6. The summed E-state index contributed by atoms with van der Waals surface area (Å²) in [6, 6.07) is 16.4. The lowest BCUT2D eigenvalue weighted by Crippen LogP contribution is -2.36. The van der Waals surface area contributed by atoms with Crippen LogP contribution in [0.1, 0.15) is 32.9 Å². The van der Waals surface area contributed by atoms with Crippen molar-refractivity contribution in [3.05, 3.63) is 88.5 Å². The summed E-state index contributed by atoms with van der Waals surface area (Å²) in [4.78, 5) is 15.6. The molecule has 4 rings (SSSR count). The van der Waals surface area contributed by atoms with Crippen molar-refractivity contribution in [1.29, 1.82) is 0 Å². The van der Waals surface area contributed by atoms with E-state index < -0.39 is 0 Å². The van der Waals surface area contributed by atoms with Gasteiger partial charge in [0.1, 0.15) is 11.5 Å². The second kappa shape index (κ2) is 9.35. The molecule has 6 heteroatoms. The number of carbonyl (C=O) groups is 1. The second-order valence-corrected chi connectivity index (χ2v) is 7.89. The van der Waals surface area contributed by atoms with Gasteiger partial charge in [0.25, 0.3) is 5.91 Å². The summed E-state index contributed by atoms with van der Waals surface area (Å²) in [6.07, 6.45) is 0. The molecule has 0 radical (unpaired) electrons. The highest BCUT2D eigenvalue weighted by Gasteiger charge is 2.26. The van der Waals surface area contributed by atoms with Crippen LogP contribution in [0, 0.1) is 19.7 Å². The van der Waals surface area contributed by atoms with Crippen molar-refractivity contribution < 1.29 is 13.9 Å². The number of anilines is 1. The number of ether oxygens (including phenoxy) is 1. The third-order valence-corrected chi connectivity index (χ3v) is 5.80.